The van der Waals surface area contributed by atoms with Crippen LogP contribution in [0.4, 0.5) is 0 Å². The molecule has 0 fully saturated rings. The zero-order valence-electron chi connectivity index (χ0n) is 17.1. The van der Waals surface area contributed by atoms with Crippen LogP contribution in [0, 0.1) is 10.1 Å². The summed E-state index contributed by atoms with van der Waals surface area (Å²) in [5, 5.41) is 10.4. The average Bonchev–Trinajstić information content (AvgIpc) is 2.48. The molecule has 0 N–H and O–H groups in total. The molecule has 0 saturated carbocycles. The first-order chi connectivity index (χ1) is 11.9. The van der Waals surface area contributed by atoms with Crippen molar-refractivity contribution >= 4 is 14.6 Å². The monoisotopic (exact) mass is 379 g/mol. The Labute approximate surface area is 158 Å². The van der Waals surface area contributed by atoms with Crippen molar-refractivity contribution in [2.75, 3.05) is 13.2 Å². The van der Waals surface area contributed by atoms with Gasteiger partial charge in [-0.2, -0.15) is 0 Å². The number of hydrogen-bond donors (Lipinski definition) is 0. The number of nitro groups is 1. The van der Waals surface area contributed by atoms with E-state index in [4.69, 9.17) is 8.85 Å². The van der Waals surface area contributed by atoms with Gasteiger partial charge in [-0.15, -0.1) is 0 Å². The molecule has 0 radical (unpaired) electrons. The molecule has 0 aliphatic rings. The minimum atomic E-state index is -2.82. The second-order valence-corrected chi connectivity index (χ2v) is 13.4. The third-order valence-corrected chi connectivity index (χ3v) is 9.50. The van der Waals surface area contributed by atoms with Crippen LogP contribution in [0.15, 0.2) is 36.4 Å². The molecule has 0 aliphatic carbocycles. The topological polar surface area (TPSA) is 61.6 Å². The molecule has 0 bridgehead atoms. The van der Waals surface area contributed by atoms with Crippen LogP contribution in [0.1, 0.15) is 54.0 Å². The third kappa shape index (κ3) is 6.04. The summed E-state index contributed by atoms with van der Waals surface area (Å²) in [4.78, 5) is 10.6. The Morgan fingerprint density at radius 1 is 1.12 bits per heavy atom. The first-order valence-corrected chi connectivity index (χ1v) is 10.9. The molecule has 1 aromatic rings. The van der Waals surface area contributed by atoms with Gasteiger partial charge in [0, 0.05) is 15.0 Å². The van der Waals surface area contributed by atoms with Gasteiger partial charge in [-0.3, -0.25) is 10.1 Å². The molecular formula is C20H33NO4Si. The van der Waals surface area contributed by atoms with E-state index in [1.807, 2.05) is 42.5 Å². The lowest BCUT2D eigenvalue weighted by atomic mass is 10.2. The van der Waals surface area contributed by atoms with Crippen LogP contribution in [0.5, 0.6) is 0 Å². The lowest BCUT2D eigenvalue weighted by molar-refractivity contribution is -0.488. The van der Waals surface area contributed by atoms with Gasteiger partial charge in [0.1, 0.15) is 6.10 Å². The second kappa shape index (κ2) is 8.93. The molecule has 1 unspecified atom stereocenters. The molecule has 5 nitrogen and oxygen atoms in total. The molecule has 0 aliphatic heterocycles. The highest BCUT2D eigenvalue weighted by atomic mass is 28.4. The Morgan fingerprint density at radius 2 is 1.65 bits per heavy atom. The highest BCUT2D eigenvalue weighted by Gasteiger charge is 2.59. The summed E-state index contributed by atoms with van der Waals surface area (Å²) in [6, 6.07) is 10.0. The van der Waals surface area contributed by atoms with E-state index in [1.54, 1.807) is 6.92 Å². The van der Waals surface area contributed by atoms with E-state index in [1.165, 1.54) is 0 Å². The average molecular weight is 380 g/mol. The molecule has 0 saturated heterocycles. The van der Waals surface area contributed by atoms with Crippen molar-refractivity contribution in [2.24, 2.45) is 0 Å². The van der Waals surface area contributed by atoms with Gasteiger partial charge in [-0.05, 0) is 12.5 Å². The first-order valence-electron chi connectivity index (χ1n) is 9.04. The van der Waals surface area contributed by atoms with Crippen molar-refractivity contribution in [3.05, 3.63) is 52.1 Å². The summed E-state index contributed by atoms with van der Waals surface area (Å²) in [6.45, 7) is 14.6. The van der Waals surface area contributed by atoms with Crippen molar-refractivity contribution < 1.29 is 13.8 Å². The third-order valence-electron chi connectivity index (χ3n) is 4.24. The van der Waals surface area contributed by atoms with E-state index in [-0.39, 0.29) is 21.5 Å². The zero-order valence-corrected chi connectivity index (χ0v) is 18.1. The normalized spacial score (nSPS) is 14.6. The number of benzene rings is 1. The van der Waals surface area contributed by atoms with E-state index in [9.17, 15) is 10.1 Å². The Morgan fingerprint density at radius 3 is 2.12 bits per heavy atom. The van der Waals surface area contributed by atoms with Crippen LogP contribution >= 0.6 is 0 Å². The summed E-state index contributed by atoms with van der Waals surface area (Å²) in [5.74, 6) is 0. The Hall–Kier alpha value is -1.50. The molecule has 26 heavy (non-hydrogen) atoms. The SMILES string of the molecule is CC(C[N+](=O)[O-])O[Si](OC/C=C/c1ccccc1)(C(C)(C)C)C(C)(C)C. The Balaban J connectivity index is 3.02. The Kier molecular flexibility index (Phi) is 7.74. The van der Waals surface area contributed by atoms with E-state index in [0.29, 0.717) is 6.61 Å². The fourth-order valence-corrected chi connectivity index (χ4v) is 8.25. The van der Waals surface area contributed by atoms with Crippen LogP contribution < -0.4 is 0 Å². The van der Waals surface area contributed by atoms with E-state index < -0.39 is 14.7 Å². The van der Waals surface area contributed by atoms with Crippen LogP contribution in [-0.4, -0.2) is 32.7 Å². The molecule has 146 valence electrons. The van der Waals surface area contributed by atoms with E-state index in [2.05, 4.69) is 41.5 Å². The van der Waals surface area contributed by atoms with E-state index >= 15 is 0 Å². The molecule has 0 heterocycles. The van der Waals surface area contributed by atoms with Gasteiger partial charge < -0.3 is 8.85 Å². The van der Waals surface area contributed by atoms with Gasteiger partial charge in [-0.25, -0.2) is 0 Å². The number of nitrogens with zero attached hydrogens (tertiary/aromatic N) is 1. The molecule has 1 rings (SSSR count). The molecule has 0 aromatic heterocycles. The zero-order chi connectivity index (χ0) is 20.0. The predicted molar refractivity (Wildman–Crippen MR) is 109 cm³/mol. The molecule has 0 amide bonds. The Bertz CT molecular complexity index is 588. The fraction of sp³-hybridized carbons (Fsp3) is 0.600. The van der Waals surface area contributed by atoms with Gasteiger partial charge >= 0.3 is 8.56 Å². The predicted octanol–water partition coefficient (Wildman–Crippen LogP) is 5.44. The van der Waals surface area contributed by atoms with Crippen molar-refractivity contribution in [1.29, 1.82) is 0 Å². The summed E-state index contributed by atoms with van der Waals surface area (Å²) in [5.41, 5.74) is 1.11. The summed E-state index contributed by atoms with van der Waals surface area (Å²) >= 11 is 0. The highest BCUT2D eigenvalue weighted by Crippen LogP contribution is 2.52. The molecular weight excluding hydrogens is 346 g/mol. The standard InChI is InChI=1S/C20H33NO4Si/c1-17(16-21(22)23)25-26(19(2,3)4,20(5,6)7)24-15-11-14-18-12-9-8-10-13-18/h8-14,17H,15-16H2,1-7H3/b14-11+. The van der Waals surface area contributed by atoms with E-state index in [0.717, 1.165) is 5.56 Å². The lowest BCUT2D eigenvalue weighted by Gasteiger charge is -2.49. The maximum atomic E-state index is 10.9. The molecule has 1 aromatic carbocycles. The fourth-order valence-electron chi connectivity index (χ4n) is 3.39. The van der Waals surface area contributed by atoms with Gasteiger partial charge in [0.05, 0.1) is 6.61 Å². The quantitative estimate of drug-likeness (QED) is 0.343. The highest BCUT2D eigenvalue weighted by molar-refractivity contribution is 6.73. The van der Waals surface area contributed by atoms with Crippen molar-refractivity contribution in [2.45, 2.75) is 64.6 Å². The van der Waals surface area contributed by atoms with Crippen LogP contribution in [0.25, 0.3) is 6.08 Å². The van der Waals surface area contributed by atoms with Crippen molar-refractivity contribution in [3.8, 4) is 0 Å². The van der Waals surface area contributed by atoms with Gasteiger partial charge in [-0.1, -0.05) is 84.0 Å². The largest absolute Gasteiger partial charge is 0.390 e. The number of hydrogen-bond acceptors (Lipinski definition) is 4. The molecule has 0 spiro atoms. The molecule has 1 atom stereocenters. The summed E-state index contributed by atoms with van der Waals surface area (Å²) < 4.78 is 12.8. The number of rotatable bonds is 8. The minimum absolute atomic E-state index is 0.218. The van der Waals surface area contributed by atoms with Gasteiger partial charge in [0.25, 0.3) is 0 Å². The smallest absolute Gasteiger partial charge is 0.350 e. The maximum Gasteiger partial charge on any atom is 0.350 e. The molecule has 6 heteroatoms. The summed E-state index contributed by atoms with van der Waals surface area (Å²) in [7, 11) is -2.82. The van der Waals surface area contributed by atoms with Crippen molar-refractivity contribution in [3.63, 3.8) is 0 Å². The lowest BCUT2D eigenvalue weighted by Crippen LogP contribution is -2.59. The van der Waals surface area contributed by atoms with Crippen LogP contribution in [0.2, 0.25) is 10.1 Å². The van der Waals surface area contributed by atoms with Gasteiger partial charge in [0.2, 0.25) is 6.54 Å². The first kappa shape index (κ1) is 22.5. The van der Waals surface area contributed by atoms with Crippen LogP contribution in [-0.2, 0) is 8.85 Å². The minimum Gasteiger partial charge on any atom is -0.390 e. The van der Waals surface area contributed by atoms with Gasteiger partial charge in [0.15, 0.2) is 0 Å². The van der Waals surface area contributed by atoms with Crippen molar-refractivity contribution in [1.82, 2.24) is 0 Å². The summed E-state index contributed by atoms with van der Waals surface area (Å²) in [6.07, 6.45) is 3.51. The van der Waals surface area contributed by atoms with Crippen LogP contribution in [0.3, 0.4) is 0 Å². The second-order valence-electron chi connectivity index (χ2n) is 8.68. The maximum absolute atomic E-state index is 10.9.